The van der Waals surface area contributed by atoms with E-state index in [1.807, 2.05) is 80.6 Å². The maximum absolute atomic E-state index is 12.2. The van der Waals surface area contributed by atoms with Crippen LogP contribution in [0.3, 0.4) is 0 Å². The Bertz CT molecular complexity index is 1090. The van der Waals surface area contributed by atoms with Gasteiger partial charge in [-0.25, -0.2) is 4.79 Å². The average Bonchev–Trinajstić information content (AvgIpc) is 2.82. The van der Waals surface area contributed by atoms with E-state index in [-0.39, 0.29) is 6.61 Å². The number of esters is 1. The molecule has 0 aliphatic heterocycles. The molecule has 0 radical (unpaired) electrons. The first-order valence-corrected chi connectivity index (χ1v) is 10.3. The maximum atomic E-state index is 12.2. The topological polar surface area (TPSA) is 54.0 Å². The summed E-state index contributed by atoms with van der Waals surface area (Å²) in [6, 6.07) is 21.6. The number of methoxy groups -OCH3 is 2. The summed E-state index contributed by atoms with van der Waals surface area (Å²) in [5, 5.41) is 0. The Morgan fingerprint density at radius 3 is 2.12 bits per heavy atom. The van der Waals surface area contributed by atoms with Crippen LogP contribution in [0.1, 0.15) is 27.8 Å². The van der Waals surface area contributed by atoms with E-state index in [9.17, 15) is 4.79 Å². The van der Waals surface area contributed by atoms with Crippen molar-refractivity contribution >= 4 is 11.5 Å². The second-order valence-electron chi connectivity index (χ2n) is 7.37. The molecule has 0 bridgehead atoms. The van der Waals surface area contributed by atoms with Gasteiger partial charge in [0.05, 0.1) is 20.5 Å². The molecule has 0 aromatic heterocycles. The van der Waals surface area contributed by atoms with E-state index in [1.54, 1.807) is 0 Å². The van der Waals surface area contributed by atoms with Gasteiger partial charge in [-0.3, -0.25) is 0 Å². The number of hydrogen-bond acceptors (Lipinski definition) is 5. The van der Waals surface area contributed by atoms with E-state index in [4.69, 9.17) is 18.9 Å². The van der Waals surface area contributed by atoms with Crippen LogP contribution in [0.25, 0.3) is 5.57 Å². The molecule has 0 aliphatic rings. The largest absolute Gasteiger partial charge is 0.503 e. The van der Waals surface area contributed by atoms with Crippen molar-refractivity contribution in [3.63, 3.8) is 0 Å². The van der Waals surface area contributed by atoms with Gasteiger partial charge in [0.1, 0.15) is 30.3 Å². The van der Waals surface area contributed by atoms with Crippen LogP contribution in [-0.2, 0) is 27.5 Å². The fourth-order valence-corrected chi connectivity index (χ4v) is 3.34. The number of ether oxygens (including phenoxy) is 4. The molecule has 0 heterocycles. The Kier molecular flexibility index (Phi) is 7.92. The molecule has 0 fully saturated rings. The predicted octanol–water partition coefficient (Wildman–Crippen LogP) is 5.62. The minimum atomic E-state index is -0.470. The summed E-state index contributed by atoms with van der Waals surface area (Å²) in [4.78, 5) is 12.2. The standard InChI is InChI=1S/C27H28O5/c1-19-14-25(31-16-21-10-6-5-7-11-21)20(2)26(15-19)32-17-22-12-8-9-13-23(22)24(18-29-3)27(28)30-4/h5-15,18H,16-17H2,1-4H3. The molecule has 0 N–H and O–H groups in total. The molecule has 5 heteroatoms. The van der Waals surface area contributed by atoms with E-state index in [0.717, 1.165) is 33.8 Å². The molecule has 0 unspecified atom stereocenters. The lowest BCUT2D eigenvalue weighted by Gasteiger charge is -2.17. The first-order valence-electron chi connectivity index (χ1n) is 10.3. The Labute approximate surface area is 189 Å². The zero-order valence-corrected chi connectivity index (χ0v) is 18.9. The minimum absolute atomic E-state index is 0.274. The molecule has 0 saturated heterocycles. The zero-order chi connectivity index (χ0) is 22.9. The van der Waals surface area contributed by atoms with Crippen LogP contribution in [0.2, 0.25) is 0 Å². The maximum Gasteiger partial charge on any atom is 0.341 e. The molecule has 0 aliphatic carbocycles. The molecule has 0 spiro atoms. The van der Waals surface area contributed by atoms with Crippen molar-refractivity contribution in [2.45, 2.75) is 27.1 Å². The average molecular weight is 433 g/mol. The highest BCUT2D eigenvalue weighted by molar-refractivity contribution is 6.16. The van der Waals surface area contributed by atoms with Gasteiger partial charge in [-0.1, -0.05) is 54.6 Å². The van der Waals surface area contributed by atoms with Crippen molar-refractivity contribution in [1.82, 2.24) is 0 Å². The molecule has 3 aromatic rings. The molecule has 0 amide bonds. The summed E-state index contributed by atoms with van der Waals surface area (Å²) in [5.74, 6) is 1.05. The Morgan fingerprint density at radius 2 is 1.47 bits per heavy atom. The van der Waals surface area contributed by atoms with Crippen LogP contribution < -0.4 is 9.47 Å². The lowest BCUT2D eigenvalue weighted by molar-refractivity contribution is -0.133. The van der Waals surface area contributed by atoms with E-state index in [0.29, 0.717) is 17.7 Å². The van der Waals surface area contributed by atoms with Gasteiger partial charge in [-0.2, -0.15) is 0 Å². The first kappa shape index (κ1) is 22.9. The summed E-state index contributed by atoms with van der Waals surface area (Å²) in [6.07, 6.45) is 1.39. The number of hydrogen-bond donors (Lipinski definition) is 0. The van der Waals surface area contributed by atoms with Gasteiger partial charge in [0.15, 0.2) is 0 Å². The summed E-state index contributed by atoms with van der Waals surface area (Å²) in [5.41, 5.74) is 4.94. The smallest absolute Gasteiger partial charge is 0.341 e. The highest BCUT2D eigenvalue weighted by Crippen LogP contribution is 2.31. The Morgan fingerprint density at radius 1 is 0.844 bits per heavy atom. The van der Waals surface area contributed by atoms with E-state index < -0.39 is 5.97 Å². The second-order valence-corrected chi connectivity index (χ2v) is 7.37. The number of carbonyl (C=O) groups is 1. The van der Waals surface area contributed by atoms with Crippen LogP contribution in [0.5, 0.6) is 11.5 Å². The van der Waals surface area contributed by atoms with E-state index in [1.165, 1.54) is 20.5 Å². The van der Waals surface area contributed by atoms with Crippen LogP contribution in [0, 0.1) is 13.8 Å². The second kappa shape index (κ2) is 11.0. The molecule has 0 saturated carbocycles. The molecule has 0 atom stereocenters. The lowest BCUT2D eigenvalue weighted by atomic mass is 10.0. The fourth-order valence-electron chi connectivity index (χ4n) is 3.34. The normalized spacial score (nSPS) is 11.1. The molecular formula is C27H28O5. The SMILES string of the molecule is COC=C(C(=O)OC)c1ccccc1COc1cc(C)cc(OCc2ccccc2)c1C. The number of aryl methyl sites for hydroxylation is 1. The van der Waals surface area contributed by atoms with Crippen LogP contribution in [-0.4, -0.2) is 20.2 Å². The summed E-state index contributed by atoms with van der Waals surface area (Å²) in [6.45, 7) is 4.74. The fraction of sp³-hybridized carbons (Fsp3) is 0.222. The first-order chi connectivity index (χ1) is 15.5. The monoisotopic (exact) mass is 432 g/mol. The van der Waals surface area contributed by atoms with E-state index >= 15 is 0 Å². The van der Waals surface area contributed by atoms with Gasteiger partial charge in [-0.05, 0) is 48.2 Å². The molecule has 166 valence electrons. The quantitative estimate of drug-likeness (QED) is 0.249. The lowest BCUT2D eigenvalue weighted by Crippen LogP contribution is -2.08. The van der Waals surface area contributed by atoms with E-state index in [2.05, 4.69) is 0 Å². The number of rotatable bonds is 9. The highest BCUT2D eigenvalue weighted by Gasteiger charge is 2.17. The third-order valence-corrected chi connectivity index (χ3v) is 5.03. The van der Waals surface area contributed by atoms with Gasteiger partial charge in [0.25, 0.3) is 0 Å². The molecule has 3 aromatic carbocycles. The van der Waals surface area contributed by atoms with Gasteiger partial charge in [0.2, 0.25) is 0 Å². The van der Waals surface area contributed by atoms with Gasteiger partial charge >= 0.3 is 5.97 Å². The van der Waals surface area contributed by atoms with Crippen molar-refractivity contribution < 1.29 is 23.7 Å². The molecule has 32 heavy (non-hydrogen) atoms. The summed E-state index contributed by atoms with van der Waals surface area (Å²) in [7, 11) is 2.84. The van der Waals surface area contributed by atoms with Crippen molar-refractivity contribution in [3.05, 3.63) is 101 Å². The third kappa shape index (κ3) is 5.70. The van der Waals surface area contributed by atoms with Crippen molar-refractivity contribution in [1.29, 1.82) is 0 Å². The van der Waals surface area contributed by atoms with Crippen molar-refractivity contribution in [2.24, 2.45) is 0 Å². The van der Waals surface area contributed by atoms with Crippen LogP contribution >= 0.6 is 0 Å². The van der Waals surface area contributed by atoms with Gasteiger partial charge in [-0.15, -0.1) is 0 Å². The summed E-state index contributed by atoms with van der Waals surface area (Å²) < 4.78 is 22.2. The number of carbonyl (C=O) groups excluding carboxylic acids is 1. The van der Waals surface area contributed by atoms with Crippen molar-refractivity contribution in [3.8, 4) is 11.5 Å². The summed E-state index contributed by atoms with van der Waals surface area (Å²) >= 11 is 0. The van der Waals surface area contributed by atoms with Crippen LogP contribution in [0.15, 0.2) is 73.0 Å². The minimum Gasteiger partial charge on any atom is -0.503 e. The molecule has 3 rings (SSSR count). The van der Waals surface area contributed by atoms with Gasteiger partial charge < -0.3 is 18.9 Å². The highest BCUT2D eigenvalue weighted by atomic mass is 16.5. The Hall–Kier alpha value is -3.73. The Balaban J connectivity index is 1.81. The zero-order valence-electron chi connectivity index (χ0n) is 18.9. The van der Waals surface area contributed by atoms with Crippen molar-refractivity contribution in [2.75, 3.05) is 14.2 Å². The van der Waals surface area contributed by atoms with Crippen LogP contribution in [0.4, 0.5) is 0 Å². The number of benzene rings is 3. The molecule has 5 nitrogen and oxygen atoms in total. The third-order valence-electron chi connectivity index (χ3n) is 5.03. The molecular weight excluding hydrogens is 404 g/mol. The van der Waals surface area contributed by atoms with Gasteiger partial charge in [0, 0.05) is 5.56 Å². The predicted molar refractivity (Wildman–Crippen MR) is 124 cm³/mol.